The van der Waals surface area contributed by atoms with Gasteiger partial charge in [0.15, 0.2) is 5.01 Å². The SMILES string of the molecule is Nc1cccc(-c2nnc(C3SS3)s2)n1. The maximum absolute atomic E-state index is 5.61. The number of aromatic nitrogens is 3. The fourth-order valence-electron chi connectivity index (χ4n) is 1.11. The van der Waals surface area contributed by atoms with Crippen LogP contribution in [-0.4, -0.2) is 15.2 Å². The van der Waals surface area contributed by atoms with Gasteiger partial charge in [-0.1, -0.05) is 39.0 Å². The molecule has 0 bridgehead atoms. The van der Waals surface area contributed by atoms with Gasteiger partial charge in [0.25, 0.3) is 0 Å². The first kappa shape index (κ1) is 9.44. The van der Waals surface area contributed by atoms with Crippen LogP contribution in [0.3, 0.4) is 0 Å². The summed E-state index contributed by atoms with van der Waals surface area (Å²) in [6.45, 7) is 0. The topological polar surface area (TPSA) is 64.7 Å². The minimum atomic E-state index is 0.484. The molecule has 3 rings (SSSR count). The molecule has 0 aliphatic carbocycles. The van der Waals surface area contributed by atoms with E-state index in [-0.39, 0.29) is 0 Å². The molecule has 0 radical (unpaired) electrons. The van der Waals surface area contributed by atoms with E-state index >= 15 is 0 Å². The van der Waals surface area contributed by atoms with Gasteiger partial charge in [-0.2, -0.15) is 0 Å². The predicted octanol–water partition coefficient (Wildman–Crippen LogP) is 2.58. The fourth-order valence-corrected chi connectivity index (χ4v) is 3.76. The van der Waals surface area contributed by atoms with E-state index in [4.69, 9.17) is 5.73 Å². The van der Waals surface area contributed by atoms with Crippen LogP contribution < -0.4 is 5.73 Å². The van der Waals surface area contributed by atoms with Crippen LogP contribution in [0.4, 0.5) is 5.82 Å². The number of anilines is 1. The van der Waals surface area contributed by atoms with Gasteiger partial charge in [0.1, 0.15) is 21.1 Å². The second kappa shape index (κ2) is 3.66. The van der Waals surface area contributed by atoms with Crippen molar-refractivity contribution in [2.75, 3.05) is 5.73 Å². The summed E-state index contributed by atoms with van der Waals surface area (Å²) >= 11 is 1.58. The van der Waals surface area contributed by atoms with Gasteiger partial charge < -0.3 is 5.73 Å². The highest BCUT2D eigenvalue weighted by molar-refractivity contribution is 8.92. The van der Waals surface area contributed by atoms with Crippen molar-refractivity contribution in [2.45, 2.75) is 4.58 Å². The van der Waals surface area contributed by atoms with E-state index < -0.39 is 0 Å². The van der Waals surface area contributed by atoms with Crippen LogP contribution in [0.2, 0.25) is 0 Å². The first-order chi connectivity index (χ1) is 7.33. The van der Waals surface area contributed by atoms with Crippen molar-refractivity contribution in [3.8, 4) is 10.7 Å². The lowest BCUT2D eigenvalue weighted by Gasteiger charge is -1.94. The van der Waals surface area contributed by atoms with Crippen LogP contribution in [-0.2, 0) is 0 Å². The molecule has 0 saturated carbocycles. The zero-order valence-electron chi connectivity index (χ0n) is 7.45. The Kier molecular flexibility index (Phi) is 2.30. The lowest BCUT2D eigenvalue weighted by molar-refractivity contribution is 1.04. The maximum atomic E-state index is 5.61. The molecule has 4 nitrogen and oxygen atoms in total. The molecule has 1 saturated heterocycles. The molecule has 3 heterocycles. The summed E-state index contributed by atoms with van der Waals surface area (Å²) in [5.74, 6) is 0.513. The third-order valence-electron chi connectivity index (χ3n) is 1.82. The normalized spacial score (nSPS) is 15.5. The maximum Gasteiger partial charge on any atom is 0.166 e. The van der Waals surface area contributed by atoms with Gasteiger partial charge in [-0.15, -0.1) is 10.2 Å². The average Bonchev–Trinajstić information content (AvgIpc) is 2.97. The second-order valence-electron chi connectivity index (χ2n) is 2.92. The molecule has 0 atom stereocenters. The third kappa shape index (κ3) is 1.95. The largest absolute Gasteiger partial charge is 0.384 e. The van der Waals surface area contributed by atoms with Gasteiger partial charge in [0.05, 0.1) is 0 Å². The number of hydrogen-bond donors (Lipinski definition) is 1. The van der Waals surface area contributed by atoms with Crippen molar-refractivity contribution in [3.05, 3.63) is 23.2 Å². The lowest BCUT2D eigenvalue weighted by Crippen LogP contribution is -1.90. The number of pyridine rings is 1. The minimum absolute atomic E-state index is 0.484. The molecule has 1 aliphatic heterocycles. The Morgan fingerprint density at radius 3 is 2.80 bits per heavy atom. The van der Waals surface area contributed by atoms with Crippen LogP contribution in [0.15, 0.2) is 18.2 Å². The molecule has 15 heavy (non-hydrogen) atoms. The Balaban J connectivity index is 1.97. The first-order valence-corrected chi connectivity index (χ1v) is 7.30. The predicted molar refractivity (Wildman–Crippen MR) is 65.5 cm³/mol. The van der Waals surface area contributed by atoms with Crippen LogP contribution in [0.25, 0.3) is 10.7 Å². The first-order valence-electron chi connectivity index (χ1n) is 4.21. The van der Waals surface area contributed by atoms with Crippen molar-refractivity contribution < 1.29 is 0 Å². The average molecular weight is 254 g/mol. The van der Waals surface area contributed by atoms with Gasteiger partial charge >= 0.3 is 0 Å². The van der Waals surface area contributed by atoms with Crippen LogP contribution in [0.1, 0.15) is 9.59 Å². The quantitative estimate of drug-likeness (QED) is 0.656. The molecular weight excluding hydrogens is 248 g/mol. The molecule has 76 valence electrons. The molecule has 0 aromatic carbocycles. The number of hydrogen-bond acceptors (Lipinski definition) is 7. The summed E-state index contributed by atoms with van der Waals surface area (Å²) in [4.78, 5) is 4.21. The number of nitrogen functional groups attached to an aromatic ring is 1. The van der Waals surface area contributed by atoms with E-state index in [1.54, 1.807) is 17.4 Å². The molecule has 7 heteroatoms. The van der Waals surface area contributed by atoms with Crippen LogP contribution >= 0.6 is 32.9 Å². The summed E-state index contributed by atoms with van der Waals surface area (Å²) in [6, 6.07) is 5.53. The van der Waals surface area contributed by atoms with Gasteiger partial charge in [-0.05, 0) is 12.1 Å². The molecule has 1 aliphatic rings. The van der Waals surface area contributed by atoms with E-state index in [0.29, 0.717) is 10.4 Å². The third-order valence-corrected chi connectivity index (χ3v) is 5.12. The van der Waals surface area contributed by atoms with Gasteiger partial charge in [-0.25, -0.2) is 4.98 Å². The summed E-state index contributed by atoms with van der Waals surface area (Å²) < 4.78 is 0.484. The zero-order chi connectivity index (χ0) is 10.3. The Morgan fingerprint density at radius 1 is 1.20 bits per heavy atom. The van der Waals surface area contributed by atoms with E-state index in [1.165, 1.54) is 0 Å². The van der Waals surface area contributed by atoms with Gasteiger partial charge in [-0.3, -0.25) is 0 Å². The Morgan fingerprint density at radius 2 is 2.07 bits per heavy atom. The summed E-state index contributed by atoms with van der Waals surface area (Å²) in [5, 5.41) is 10.1. The van der Waals surface area contributed by atoms with E-state index in [1.807, 2.05) is 33.7 Å². The smallest absolute Gasteiger partial charge is 0.166 e. The molecule has 2 aromatic heterocycles. The van der Waals surface area contributed by atoms with Crippen LogP contribution in [0, 0.1) is 0 Å². The van der Waals surface area contributed by atoms with E-state index in [0.717, 1.165) is 15.7 Å². The highest BCUT2D eigenvalue weighted by Crippen LogP contribution is 2.66. The molecule has 0 amide bonds. The zero-order valence-corrected chi connectivity index (χ0v) is 9.90. The van der Waals surface area contributed by atoms with Gasteiger partial charge in [0.2, 0.25) is 0 Å². The molecular formula is C8H6N4S3. The van der Waals surface area contributed by atoms with Crippen molar-refractivity contribution in [1.29, 1.82) is 0 Å². The number of nitrogens with zero attached hydrogens (tertiary/aromatic N) is 3. The Hall–Kier alpha value is -0.790. The van der Waals surface area contributed by atoms with Crippen molar-refractivity contribution in [3.63, 3.8) is 0 Å². The number of rotatable bonds is 2. The highest BCUT2D eigenvalue weighted by atomic mass is 33.2. The Labute approximate surface area is 98.1 Å². The van der Waals surface area contributed by atoms with Crippen molar-refractivity contribution in [1.82, 2.24) is 15.2 Å². The standard InChI is InChI=1S/C8H6N4S3/c9-5-3-1-2-4(10-5)6-11-12-7(13-6)8-14-15-8/h1-3,8H,(H2,9,10). The molecule has 0 spiro atoms. The minimum Gasteiger partial charge on any atom is -0.384 e. The Bertz CT molecular complexity index is 494. The molecule has 2 N–H and O–H groups in total. The summed E-state index contributed by atoms with van der Waals surface area (Å²) in [7, 11) is 3.63. The summed E-state index contributed by atoms with van der Waals surface area (Å²) in [6.07, 6.45) is 0. The van der Waals surface area contributed by atoms with Gasteiger partial charge in [0, 0.05) is 0 Å². The summed E-state index contributed by atoms with van der Waals surface area (Å²) in [5.41, 5.74) is 6.41. The van der Waals surface area contributed by atoms with Crippen molar-refractivity contribution >= 4 is 38.7 Å². The molecule has 0 unspecified atom stereocenters. The van der Waals surface area contributed by atoms with Crippen LogP contribution in [0.5, 0.6) is 0 Å². The van der Waals surface area contributed by atoms with E-state index in [2.05, 4.69) is 15.2 Å². The monoisotopic (exact) mass is 254 g/mol. The second-order valence-corrected chi connectivity index (χ2v) is 6.71. The molecule has 2 aromatic rings. The fraction of sp³-hybridized carbons (Fsp3) is 0.125. The number of nitrogens with two attached hydrogens (primary N) is 1. The van der Waals surface area contributed by atoms with E-state index in [9.17, 15) is 0 Å². The lowest BCUT2D eigenvalue weighted by atomic mass is 10.3. The van der Waals surface area contributed by atoms with Crippen molar-refractivity contribution in [2.24, 2.45) is 0 Å². The highest BCUT2D eigenvalue weighted by Gasteiger charge is 2.30. The molecule has 1 fully saturated rings.